The fourth-order valence-electron chi connectivity index (χ4n) is 2.14. The smallest absolute Gasteiger partial charge is 0.223 e. The Kier molecular flexibility index (Phi) is 7.87. The van der Waals surface area contributed by atoms with Crippen molar-refractivity contribution in [3.63, 3.8) is 0 Å². The largest absolute Gasteiger partial charge is 0.326 e. The fraction of sp³-hybridized carbons (Fsp3) is 0.500. The van der Waals surface area contributed by atoms with Gasteiger partial charge in [0.05, 0.1) is 5.75 Å². The summed E-state index contributed by atoms with van der Waals surface area (Å²) in [6, 6.07) is 6.85. The molecule has 2 N–H and O–H groups in total. The van der Waals surface area contributed by atoms with E-state index in [1.165, 1.54) is 18.7 Å². The number of hydrogen-bond donors (Lipinski definition) is 2. The average molecular weight is 355 g/mol. The van der Waals surface area contributed by atoms with Crippen molar-refractivity contribution in [2.24, 2.45) is 0 Å². The molecule has 1 aromatic carbocycles. The number of unbranched alkanes of at least 4 members (excludes halogenated alkanes) is 1. The third-order valence-corrected chi connectivity index (χ3v) is 4.75. The molecule has 0 aromatic heterocycles. The number of anilines is 2. The minimum atomic E-state index is -3.32. The van der Waals surface area contributed by atoms with E-state index in [9.17, 15) is 18.0 Å². The summed E-state index contributed by atoms with van der Waals surface area (Å²) in [6.45, 7) is 5.09. The van der Waals surface area contributed by atoms with Crippen LogP contribution in [0.15, 0.2) is 24.3 Å². The van der Waals surface area contributed by atoms with E-state index in [0.717, 1.165) is 6.42 Å². The number of carbonyl (C=O) groups is 2. The molecule has 1 aromatic rings. The van der Waals surface area contributed by atoms with Crippen molar-refractivity contribution in [2.75, 3.05) is 29.1 Å². The van der Waals surface area contributed by atoms with Gasteiger partial charge in [-0.25, -0.2) is 13.1 Å². The molecule has 0 heterocycles. The van der Waals surface area contributed by atoms with Gasteiger partial charge < -0.3 is 10.2 Å². The van der Waals surface area contributed by atoms with Crippen molar-refractivity contribution < 1.29 is 18.0 Å². The molecule has 0 aliphatic heterocycles. The predicted molar refractivity (Wildman–Crippen MR) is 95.5 cm³/mol. The number of nitrogens with zero attached hydrogens (tertiary/aromatic N) is 1. The molecule has 0 fully saturated rings. The van der Waals surface area contributed by atoms with Gasteiger partial charge in [0.1, 0.15) is 0 Å². The first kappa shape index (κ1) is 20.1. The van der Waals surface area contributed by atoms with Crippen LogP contribution in [0.2, 0.25) is 0 Å². The average Bonchev–Trinajstić information content (AvgIpc) is 2.49. The molecule has 24 heavy (non-hydrogen) atoms. The molecule has 0 aliphatic carbocycles. The van der Waals surface area contributed by atoms with E-state index in [1.54, 1.807) is 24.3 Å². The van der Waals surface area contributed by atoms with Crippen molar-refractivity contribution in [3.05, 3.63) is 24.3 Å². The maximum atomic E-state index is 11.9. The molecule has 0 radical (unpaired) electrons. The molecule has 0 bridgehead atoms. The molecule has 0 unspecified atom stereocenters. The Bertz CT molecular complexity index is 674. The van der Waals surface area contributed by atoms with Gasteiger partial charge in [-0.2, -0.15) is 0 Å². The molecule has 7 nitrogen and oxygen atoms in total. The Balaban J connectivity index is 2.74. The van der Waals surface area contributed by atoms with E-state index < -0.39 is 10.0 Å². The van der Waals surface area contributed by atoms with E-state index in [1.807, 2.05) is 6.92 Å². The van der Waals surface area contributed by atoms with Crippen LogP contribution in [0.25, 0.3) is 0 Å². The molecule has 0 saturated carbocycles. The molecule has 2 amide bonds. The van der Waals surface area contributed by atoms with Crippen molar-refractivity contribution >= 4 is 33.2 Å². The third-order valence-electron chi connectivity index (χ3n) is 3.28. The van der Waals surface area contributed by atoms with Gasteiger partial charge in [0.2, 0.25) is 21.8 Å². The van der Waals surface area contributed by atoms with Crippen LogP contribution in [0, 0.1) is 0 Å². The van der Waals surface area contributed by atoms with E-state index in [4.69, 9.17) is 0 Å². The van der Waals surface area contributed by atoms with Gasteiger partial charge in [-0.05, 0) is 24.6 Å². The Morgan fingerprint density at radius 3 is 2.50 bits per heavy atom. The molecule has 0 saturated heterocycles. The first-order valence-corrected chi connectivity index (χ1v) is 9.53. The van der Waals surface area contributed by atoms with Crippen molar-refractivity contribution in [2.45, 2.75) is 33.6 Å². The Morgan fingerprint density at radius 1 is 1.21 bits per heavy atom. The van der Waals surface area contributed by atoms with Crippen molar-refractivity contribution in [1.82, 2.24) is 4.72 Å². The van der Waals surface area contributed by atoms with Gasteiger partial charge in [-0.3, -0.25) is 9.59 Å². The molecule has 134 valence electrons. The second-order valence-corrected chi connectivity index (χ2v) is 7.40. The predicted octanol–water partition coefficient (Wildman–Crippen LogP) is 1.72. The van der Waals surface area contributed by atoms with Crippen LogP contribution in [0.3, 0.4) is 0 Å². The maximum absolute atomic E-state index is 11.9. The van der Waals surface area contributed by atoms with E-state index in [-0.39, 0.29) is 30.7 Å². The molecule has 8 heteroatoms. The summed E-state index contributed by atoms with van der Waals surface area (Å²) in [5.74, 6) is -0.324. The minimum absolute atomic E-state index is 0.0849. The molecule has 0 aliphatic rings. The zero-order chi connectivity index (χ0) is 18.2. The van der Waals surface area contributed by atoms with Crippen LogP contribution in [-0.4, -0.2) is 39.1 Å². The molecule has 0 spiro atoms. The van der Waals surface area contributed by atoms with Gasteiger partial charge in [-0.15, -0.1) is 0 Å². The lowest BCUT2D eigenvalue weighted by atomic mass is 10.2. The van der Waals surface area contributed by atoms with Crippen LogP contribution in [0.1, 0.15) is 33.6 Å². The number of hydrogen-bond acceptors (Lipinski definition) is 4. The highest BCUT2D eigenvalue weighted by Gasteiger charge is 2.14. The lowest BCUT2D eigenvalue weighted by molar-refractivity contribution is -0.116. The lowest BCUT2D eigenvalue weighted by Gasteiger charge is -2.22. The number of amides is 2. The fourth-order valence-corrected chi connectivity index (χ4v) is 3.36. The summed E-state index contributed by atoms with van der Waals surface area (Å²) >= 11 is 0. The van der Waals surface area contributed by atoms with Crippen LogP contribution < -0.4 is 14.9 Å². The van der Waals surface area contributed by atoms with Gasteiger partial charge >= 0.3 is 0 Å². The number of carbonyl (C=O) groups excluding carboxylic acids is 2. The van der Waals surface area contributed by atoms with Crippen LogP contribution in [-0.2, 0) is 19.6 Å². The summed E-state index contributed by atoms with van der Waals surface area (Å²) in [5.41, 5.74) is 1.18. The number of nitrogens with one attached hydrogen (secondary N) is 2. The van der Waals surface area contributed by atoms with Gasteiger partial charge in [0.15, 0.2) is 0 Å². The number of sulfonamides is 1. The zero-order valence-corrected chi connectivity index (χ0v) is 15.1. The number of benzene rings is 1. The van der Waals surface area contributed by atoms with E-state index in [0.29, 0.717) is 17.8 Å². The molecule has 1 rings (SSSR count). The minimum Gasteiger partial charge on any atom is -0.326 e. The number of rotatable bonds is 9. The highest BCUT2D eigenvalue weighted by atomic mass is 32.2. The normalized spacial score (nSPS) is 11.1. The van der Waals surface area contributed by atoms with Gasteiger partial charge in [0.25, 0.3) is 0 Å². The summed E-state index contributed by atoms with van der Waals surface area (Å²) < 4.78 is 26.1. The summed E-state index contributed by atoms with van der Waals surface area (Å²) in [7, 11) is -3.32. The highest BCUT2D eigenvalue weighted by molar-refractivity contribution is 7.89. The van der Waals surface area contributed by atoms with Crippen LogP contribution in [0.5, 0.6) is 0 Å². The Morgan fingerprint density at radius 2 is 1.92 bits per heavy atom. The van der Waals surface area contributed by atoms with Crippen molar-refractivity contribution in [3.8, 4) is 0 Å². The molecule has 0 atom stereocenters. The quantitative estimate of drug-likeness (QED) is 0.705. The Hall–Kier alpha value is -1.93. The standard InChI is InChI=1S/C16H25N3O4S/c1-4-5-11-24(22,23)17-9-10-19(14(3)21)16-8-6-7-15(12-16)18-13(2)20/h6-8,12,17H,4-5,9-11H2,1-3H3,(H,18,20). The topological polar surface area (TPSA) is 95.6 Å². The monoisotopic (exact) mass is 355 g/mol. The SMILES string of the molecule is CCCCS(=O)(=O)NCCN(C(C)=O)c1cccc(NC(C)=O)c1. The highest BCUT2D eigenvalue weighted by Crippen LogP contribution is 2.19. The summed E-state index contributed by atoms with van der Waals surface area (Å²) in [6.07, 6.45) is 1.40. The molecular weight excluding hydrogens is 330 g/mol. The summed E-state index contributed by atoms with van der Waals surface area (Å²) in [5, 5.41) is 2.65. The maximum Gasteiger partial charge on any atom is 0.223 e. The second kappa shape index (κ2) is 9.39. The van der Waals surface area contributed by atoms with Gasteiger partial charge in [-0.1, -0.05) is 19.4 Å². The van der Waals surface area contributed by atoms with E-state index in [2.05, 4.69) is 10.0 Å². The van der Waals surface area contributed by atoms with Gasteiger partial charge in [0, 0.05) is 38.3 Å². The Labute approximate surface area is 143 Å². The van der Waals surface area contributed by atoms with Crippen molar-refractivity contribution in [1.29, 1.82) is 0 Å². The second-order valence-electron chi connectivity index (χ2n) is 5.47. The van der Waals surface area contributed by atoms with Crippen LogP contribution in [0.4, 0.5) is 11.4 Å². The molecular formula is C16H25N3O4S. The third kappa shape index (κ3) is 7.10. The van der Waals surface area contributed by atoms with Crippen LogP contribution >= 0.6 is 0 Å². The first-order chi connectivity index (χ1) is 11.2. The first-order valence-electron chi connectivity index (χ1n) is 7.88. The summed E-state index contributed by atoms with van der Waals surface area (Å²) in [4.78, 5) is 24.5. The zero-order valence-electron chi connectivity index (χ0n) is 14.3. The van der Waals surface area contributed by atoms with E-state index >= 15 is 0 Å². The lowest BCUT2D eigenvalue weighted by Crippen LogP contribution is -2.38.